The van der Waals surface area contributed by atoms with Gasteiger partial charge in [-0.2, -0.15) is 0 Å². The maximum absolute atomic E-state index is 12.8. The maximum atomic E-state index is 12.8. The standard InChI is InChI=1S/C18H20N2O3/c21-17(20-9-1-2-10-20)14-8-4-6-12-11-5-3-7-13(11)16(18(22)23)19-15(12)14/h3-6,8,11,13,16,19H,1-2,7,9-10H2,(H,22,23)/t11-,13-,16+/m1/s1. The second kappa shape index (κ2) is 5.41. The molecule has 0 unspecified atom stereocenters. The minimum atomic E-state index is -0.849. The molecule has 1 aromatic rings. The lowest BCUT2D eigenvalue weighted by Crippen LogP contribution is -2.43. The van der Waals surface area contributed by atoms with Gasteiger partial charge in [0.15, 0.2) is 0 Å². The Kier molecular flexibility index (Phi) is 3.36. The number of para-hydroxylation sites is 1. The van der Waals surface area contributed by atoms with Crippen molar-refractivity contribution in [2.24, 2.45) is 5.92 Å². The normalized spacial score (nSPS) is 28.2. The molecule has 3 aliphatic rings. The molecule has 0 aromatic heterocycles. The van der Waals surface area contributed by atoms with Gasteiger partial charge in [0, 0.05) is 24.9 Å². The molecule has 0 radical (unpaired) electrons. The number of carboxylic acids is 1. The minimum Gasteiger partial charge on any atom is -0.480 e. The van der Waals surface area contributed by atoms with Crippen LogP contribution in [0.5, 0.6) is 0 Å². The molecule has 2 aliphatic heterocycles. The summed E-state index contributed by atoms with van der Waals surface area (Å²) in [6.07, 6.45) is 6.98. The van der Waals surface area contributed by atoms with E-state index >= 15 is 0 Å². The van der Waals surface area contributed by atoms with Gasteiger partial charge in [0.25, 0.3) is 5.91 Å². The molecule has 23 heavy (non-hydrogen) atoms. The van der Waals surface area contributed by atoms with Crippen molar-refractivity contribution in [2.45, 2.75) is 31.2 Å². The van der Waals surface area contributed by atoms with E-state index in [1.807, 2.05) is 23.1 Å². The summed E-state index contributed by atoms with van der Waals surface area (Å²) in [5.41, 5.74) is 2.37. The van der Waals surface area contributed by atoms with Crippen molar-refractivity contribution in [3.05, 3.63) is 41.5 Å². The third kappa shape index (κ3) is 2.22. The van der Waals surface area contributed by atoms with Crippen molar-refractivity contribution in [3.63, 3.8) is 0 Å². The predicted molar refractivity (Wildman–Crippen MR) is 86.6 cm³/mol. The topological polar surface area (TPSA) is 69.6 Å². The Morgan fingerprint density at radius 1 is 1.22 bits per heavy atom. The number of hydrogen-bond donors (Lipinski definition) is 2. The summed E-state index contributed by atoms with van der Waals surface area (Å²) < 4.78 is 0. The maximum Gasteiger partial charge on any atom is 0.326 e. The zero-order valence-corrected chi connectivity index (χ0v) is 12.9. The van der Waals surface area contributed by atoms with Crippen LogP contribution >= 0.6 is 0 Å². The number of carbonyl (C=O) groups excluding carboxylic acids is 1. The number of amides is 1. The van der Waals surface area contributed by atoms with Gasteiger partial charge >= 0.3 is 5.97 Å². The molecule has 0 saturated carbocycles. The molecule has 120 valence electrons. The smallest absolute Gasteiger partial charge is 0.326 e. The van der Waals surface area contributed by atoms with Crippen LogP contribution in [0, 0.1) is 5.92 Å². The van der Waals surface area contributed by atoms with Gasteiger partial charge in [0.05, 0.1) is 11.3 Å². The van der Waals surface area contributed by atoms with E-state index < -0.39 is 12.0 Å². The highest BCUT2D eigenvalue weighted by Gasteiger charge is 2.42. The number of nitrogens with one attached hydrogen (secondary N) is 1. The van der Waals surface area contributed by atoms with Crippen LogP contribution in [0.15, 0.2) is 30.4 Å². The lowest BCUT2D eigenvalue weighted by molar-refractivity contribution is -0.139. The number of carboxylic acid groups (broad SMARTS) is 1. The summed E-state index contributed by atoms with van der Waals surface area (Å²) in [4.78, 5) is 26.3. The summed E-state index contributed by atoms with van der Waals surface area (Å²) in [7, 11) is 0. The quantitative estimate of drug-likeness (QED) is 0.823. The summed E-state index contributed by atoms with van der Waals surface area (Å²) in [6.45, 7) is 1.58. The summed E-state index contributed by atoms with van der Waals surface area (Å²) in [6, 6.07) is 5.09. The molecule has 5 heteroatoms. The molecule has 0 spiro atoms. The first-order valence-electron chi connectivity index (χ1n) is 8.25. The number of likely N-dealkylation sites (tertiary alicyclic amines) is 1. The first-order valence-corrected chi connectivity index (χ1v) is 8.25. The first-order chi connectivity index (χ1) is 11.2. The first kappa shape index (κ1) is 14.3. The van der Waals surface area contributed by atoms with E-state index in [9.17, 15) is 14.7 Å². The Hall–Kier alpha value is -2.30. The molecule has 1 fully saturated rings. The Bertz CT molecular complexity index is 692. The predicted octanol–water partition coefficient (Wildman–Crippen LogP) is 2.46. The molecular weight excluding hydrogens is 292 g/mol. The zero-order chi connectivity index (χ0) is 16.0. The molecule has 2 heterocycles. The Labute approximate surface area is 135 Å². The van der Waals surface area contributed by atoms with Crippen LogP contribution in [0.2, 0.25) is 0 Å². The van der Waals surface area contributed by atoms with Gasteiger partial charge in [-0.15, -0.1) is 0 Å². The van der Waals surface area contributed by atoms with Crippen LogP contribution in [-0.2, 0) is 4.79 Å². The van der Waals surface area contributed by atoms with Crippen LogP contribution in [0.3, 0.4) is 0 Å². The van der Waals surface area contributed by atoms with E-state index in [0.29, 0.717) is 11.3 Å². The van der Waals surface area contributed by atoms with Crippen molar-refractivity contribution < 1.29 is 14.7 Å². The second-order valence-electron chi connectivity index (χ2n) is 6.58. The van der Waals surface area contributed by atoms with Crippen LogP contribution in [0.1, 0.15) is 41.1 Å². The molecule has 1 aliphatic carbocycles. The number of rotatable bonds is 2. The minimum absolute atomic E-state index is 0.0106. The number of nitrogens with zero attached hydrogens (tertiary/aromatic N) is 1. The van der Waals surface area contributed by atoms with Crippen LogP contribution in [0.25, 0.3) is 0 Å². The van der Waals surface area contributed by atoms with E-state index in [1.165, 1.54) is 0 Å². The van der Waals surface area contributed by atoms with Crippen molar-refractivity contribution in [1.82, 2.24) is 4.90 Å². The number of aliphatic carboxylic acids is 1. The van der Waals surface area contributed by atoms with Gasteiger partial charge in [0.1, 0.15) is 6.04 Å². The van der Waals surface area contributed by atoms with E-state index in [2.05, 4.69) is 17.5 Å². The molecule has 0 bridgehead atoms. The van der Waals surface area contributed by atoms with Gasteiger partial charge in [-0.1, -0.05) is 24.3 Å². The highest BCUT2D eigenvalue weighted by Crippen LogP contribution is 2.45. The molecular formula is C18H20N2O3. The van der Waals surface area contributed by atoms with Crippen LogP contribution in [-0.4, -0.2) is 41.0 Å². The van der Waals surface area contributed by atoms with Gasteiger partial charge < -0.3 is 15.3 Å². The monoisotopic (exact) mass is 312 g/mol. The Balaban J connectivity index is 1.77. The molecule has 1 saturated heterocycles. The lowest BCUT2D eigenvalue weighted by atomic mass is 9.78. The average Bonchev–Trinajstić information content (AvgIpc) is 3.23. The third-order valence-electron chi connectivity index (χ3n) is 5.29. The summed E-state index contributed by atoms with van der Waals surface area (Å²) in [5.74, 6) is -0.731. The largest absolute Gasteiger partial charge is 0.480 e. The molecule has 1 aromatic carbocycles. The molecule has 5 nitrogen and oxygen atoms in total. The van der Waals surface area contributed by atoms with E-state index in [4.69, 9.17) is 0 Å². The molecule has 1 amide bonds. The summed E-state index contributed by atoms with van der Waals surface area (Å²) >= 11 is 0. The Morgan fingerprint density at radius 2 is 2.00 bits per heavy atom. The van der Waals surface area contributed by atoms with E-state index in [-0.39, 0.29) is 17.7 Å². The van der Waals surface area contributed by atoms with Gasteiger partial charge in [-0.05, 0) is 30.9 Å². The number of benzene rings is 1. The fourth-order valence-corrected chi connectivity index (χ4v) is 4.13. The third-order valence-corrected chi connectivity index (χ3v) is 5.29. The average molecular weight is 312 g/mol. The molecule has 3 atom stereocenters. The van der Waals surface area contributed by atoms with Gasteiger partial charge in [0.2, 0.25) is 0 Å². The van der Waals surface area contributed by atoms with Crippen molar-refractivity contribution >= 4 is 17.6 Å². The van der Waals surface area contributed by atoms with E-state index in [0.717, 1.165) is 37.9 Å². The van der Waals surface area contributed by atoms with Crippen molar-refractivity contribution in [2.75, 3.05) is 18.4 Å². The number of hydrogen-bond acceptors (Lipinski definition) is 3. The SMILES string of the molecule is O=C(O)[C@H]1Nc2c(C(=O)N3CCCC3)cccc2[C@H]2C=CC[C@@H]12. The van der Waals surface area contributed by atoms with Gasteiger partial charge in [-0.3, -0.25) is 4.79 Å². The second-order valence-corrected chi connectivity index (χ2v) is 6.58. The van der Waals surface area contributed by atoms with Crippen molar-refractivity contribution in [1.29, 1.82) is 0 Å². The highest BCUT2D eigenvalue weighted by atomic mass is 16.4. The number of allylic oxidation sites excluding steroid dienone is 2. The lowest BCUT2D eigenvalue weighted by Gasteiger charge is -2.36. The fraction of sp³-hybridized carbons (Fsp3) is 0.444. The zero-order valence-electron chi connectivity index (χ0n) is 12.9. The fourth-order valence-electron chi connectivity index (χ4n) is 4.13. The Morgan fingerprint density at radius 3 is 2.74 bits per heavy atom. The van der Waals surface area contributed by atoms with E-state index in [1.54, 1.807) is 0 Å². The van der Waals surface area contributed by atoms with Gasteiger partial charge in [-0.25, -0.2) is 4.79 Å². The highest BCUT2D eigenvalue weighted by molar-refractivity contribution is 6.01. The molecule has 2 N–H and O–H groups in total. The molecule has 4 rings (SSSR count). The number of fused-ring (bicyclic) bond motifs is 3. The number of anilines is 1. The van der Waals surface area contributed by atoms with Crippen molar-refractivity contribution in [3.8, 4) is 0 Å². The van der Waals surface area contributed by atoms with Crippen LogP contribution < -0.4 is 5.32 Å². The van der Waals surface area contributed by atoms with Crippen LogP contribution in [0.4, 0.5) is 5.69 Å². The number of carbonyl (C=O) groups is 2. The summed E-state index contributed by atoms with van der Waals surface area (Å²) in [5, 5.41) is 12.7.